The highest BCUT2D eigenvalue weighted by Gasteiger charge is 2.14. The topological polar surface area (TPSA) is 63.8 Å². The van der Waals surface area contributed by atoms with Gasteiger partial charge in [0.2, 0.25) is 0 Å². The molecule has 7 nitrogen and oxygen atoms in total. The number of hydrogen-bond donors (Lipinski definition) is 1. The molecule has 2 heterocycles. The molecular formula is C18H25N7. The highest BCUT2D eigenvalue weighted by atomic mass is 15.4. The lowest BCUT2D eigenvalue weighted by atomic mass is 10.1. The lowest BCUT2D eigenvalue weighted by Gasteiger charge is -2.15. The summed E-state index contributed by atoms with van der Waals surface area (Å²) in [4.78, 5) is 6.07. The monoisotopic (exact) mass is 339 g/mol. The molecular weight excluding hydrogens is 314 g/mol. The molecule has 1 aromatic carbocycles. The maximum absolute atomic E-state index is 4.53. The van der Waals surface area contributed by atoms with Crippen LogP contribution in [-0.4, -0.2) is 38.6 Å². The second kappa shape index (κ2) is 7.48. The van der Waals surface area contributed by atoms with Crippen LogP contribution in [0.1, 0.15) is 22.4 Å². The molecule has 0 radical (unpaired) electrons. The number of anilines is 1. The minimum absolute atomic E-state index is 0.745. The van der Waals surface area contributed by atoms with Crippen molar-refractivity contribution in [3.05, 3.63) is 59.3 Å². The Kier molecular flexibility index (Phi) is 5.14. The first-order chi connectivity index (χ1) is 12.0. The van der Waals surface area contributed by atoms with Crippen molar-refractivity contribution < 1.29 is 0 Å². The second-order valence-corrected chi connectivity index (χ2v) is 6.42. The minimum atomic E-state index is 0.745. The van der Waals surface area contributed by atoms with E-state index in [4.69, 9.17) is 0 Å². The third kappa shape index (κ3) is 4.06. The van der Waals surface area contributed by atoms with E-state index >= 15 is 0 Å². The van der Waals surface area contributed by atoms with Crippen molar-refractivity contribution in [1.29, 1.82) is 0 Å². The summed E-state index contributed by atoms with van der Waals surface area (Å²) >= 11 is 0. The van der Waals surface area contributed by atoms with E-state index in [1.807, 2.05) is 30.5 Å². The van der Waals surface area contributed by atoms with Crippen LogP contribution in [0.3, 0.4) is 0 Å². The average molecular weight is 339 g/mol. The number of nitrogens with one attached hydrogen (secondary N) is 1. The van der Waals surface area contributed by atoms with Gasteiger partial charge in [0.1, 0.15) is 18.5 Å². The van der Waals surface area contributed by atoms with E-state index in [1.54, 1.807) is 12.7 Å². The Balaban J connectivity index is 1.57. The average Bonchev–Trinajstić information content (AvgIpc) is 3.17. The Morgan fingerprint density at radius 1 is 1.08 bits per heavy atom. The van der Waals surface area contributed by atoms with Crippen LogP contribution >= 0.6 is 0 Å². The van der Waals surface area contributed by atoms with E-state index in [-0.39, 0.29) is 0 Å². The van der Waals surface area contributed by atoms with E-state index in [1.165, 1.54) is 16.7 Å². The zero-order valence-corrected chi connectivity index (χ0v) is 15.3. The van der Waals surface area contributed by atoms with Gasteiger partial charge in [-0.1, -0.05) is 24.3 Å². The first kappa shape index (κ1) is 17.2. The predicted molar refractivity (Wildman–Crippen MR) is 98.4 cm³/mol. The lowest BCUT2D eigenvalue weighted by Crippen LogP contribution is -2.18. The van der Waals surface area contributed by atoms with Crippen molar-refractivity contribution >= 4 is 5.82 Å². The number of aromatic nitrogens is 5. The van der Waals surface area contributed by atoms with Gasteiger partial charge in [0.25, 0.3) is 0 Å². The van der Waals surface area contributed by atoms with Gasteiger partial charge in [-0.05, 0) is 18.1 Å². The van der Waals surface area contributed by atoms with E-state index in [0.717, 1.165) is 31.1 Å². The summed E-state index contributed by atoms with van der Waals surface area (Å²) in [6, 6.07) is 8.59. The van der Waals surface area contributed by atoms with Crippen molar-refractivity contribution in [3.8, 4) is 0 Å². The summed E-state index contributed by atoms with van der Waals surface area (Å²) < 4.78 is 3.76. The molecule has 0 saturated carbocycles. The fraction of sp³-hybridized carbons (Fsp3) is 0.389. The van der Waals surface area contributed by atoms with Crippen molar-refractivity contribution in [2.45, 2.75) is 26.6 Å². The van der Waals surface area contributed by atoms with Crippen LogP contribution in [0.2, 0.25) is 0 Å². The SMILES string of the molecule is Cc1nn(C)c(N(C)C)c1CNCc1ccc(Cn2cncn2)cc1. The lowest BCUT2D eigenvalue weighted by molar-refractivity contribution is 0.679. The fourth-order valence-corrected chi connectivity index (χ4v) is 3.05. The molecule has 0 aliphatic carbocycles. The van der Waals surface area contributed by atoms with Gasteiger partial charge in [-0.2, -0.15) is 10.2 Å². The summed E-state index contributed by atoms with van der Waals surface area (Å²) in [5.41, 5.74) is 4.79. The Bertz CT molecular complexity index is 801. The van der Waals surface area contributed by atoms with Gasteiger partial charge in [-0.15, -0.1) is 0 Å². The number of nitrogens with zero attached hydrogens (tertiary/aromatic N) is 6. The van der Waals surface area contributed by atoms with Crippen LogP contribution in [0.25, 0.3) is 0 Å². The molecule has 0 aliphatic rings. The number of aryl methyl sites for hydroxylation is 2. The summed E-state index contributed by atoms with van der Waals surface area (Å²) in [7, 11) is 6.08. The quantitative estimate of drug-likeness (QED) is 0.710. The normalized spacial score (nSPS) is 11.0. The Morgan fingerprint density at radius 2 is 1.80 bits per heavy atom. The van der Waals surface area contributed by atoms with Gasteiger partial charge >= 0.3 is 0 Å². The Morgan fingerprint density at radius 3 is 2.44 bits per heavy atom. The Labute approximate surface area is 148 Å². The Hall–Kier alpha value is -2.67. The van der Waals surface area contributed by atoms with Gasteiger partial charge in [0.05, 0.1) is 12.2 Å². The molecule has 0 aliphatic heterocycles. The van der Waals surface area contributed by atoms with Gasteiger partial charge in [0, 0.05) is 39.8 Å². The highest BCUT2D eigenvalue weighted by Crippen LogP contribution is 2.21. The highest BCUT2D eigenvalue weighted by molar-refractivity contribution is 5.48. The molecule has 1 N–H and O–H groups in total. The van der Waals surface area contributed by atoms with E-state index in [9.17, 15) is 0 Å². The molecule has 0 amide bonds. The van der Waals surface area contributed by atoms with Crippen molar-refractivity contribution in [2.75, 3.05) is 19.0 Å². The fourth-order valence-electron chi connectivity index (χ4n) is 3.05. The summed E-state index contributed by atoms with van der Waals surface area (Å²) in [6.45, 7) is 4.43. The largest absolute Gasteiger partial charge is 0.363 e. The molecule has 0 unspecified atom stereocenters. The van der Waals surface area contributed by atoms with E-state index < -0.39 is 0 Å². The minimum Gasteiger partial charge on any atom is -0.363 e. The molecule has 0 bridgehead atoms. The zero-order valence-electron chi connectivity index (χ0n) is 15.3. The first-order valence-electron chi connectivity index (χ1n) is 8.35. The third-order valence-corrected chi connectivity index (χ3v) is 4.20. The maximum Gasteiger partial charge on any atom is 0.137 e. The van der Waals surface area contributed by atoms with Gasteiger partial charge < -0.3 is 10.2 Å². The van der Waals surface area contributed by atoms with Crippen LogP contribution in [-0.2, 0) is 26.7 Å². The molecule has 7 heteroatoms. The predicted octanol–water partition coefficient (Wildman–Crippen LogP) is 1.72. The van der Waals surface area contributed by atoms with Crippen molar-refractivity contribution in [3.63, 3.8) is 0 Å². The number of benzene rings is 1. The van der Waals surface area contributed by atoms with Crippen molar-refractivity contribution in [1.82, 2.24) is 29.9 Å². The van der Waals surface area contributed by atoms with Crippen LogP contribution in [0.15, 0.2) is 36.9 Å². The first-order valence-corrected chi connectivity index (χ1v) is 8.35. The standard InChI is InChI=1S/C18H25N7/c1-14-17(18(23(2)3)24(4)22-14)10-19-9-15-5-7-16(8-6-15)11-25-13-20-12-21-25/h5-8,12-13,19H,9-11H2,1-4H3. The van der Waals surface area contributed by atoms with Gasteiger partial charge in [0.15, 0.2) is 0 Å². The summed E-state index contributed by atoms with van der Waals surface area (Å²) in [6.07, 6.45) is 3.29. The van der Waals surface area contributed by atoms with Crippen LogP contribution in [0, 0.1) is 6.92 Å². The van der Waals surface area contributed by atoms with Crippen molar-refractivity contribution in [2.24, 2.45) is 7.05 Å². The molecule has 132 valence electrons. The van der Waals surface area contributed by atoms with E-state index in [2.05, 4.69) is 56.6 Å². The molecule has 0 atom stereocenters. The maximum atomic E-state index is 4.53. The van der Waals surface area contributed by atoms with Crippen LogP contribution in [0.5, 0.6) is 0 Å². The van der Waals surface area contributed by atoms with E-state index in [0.29, 0.717) is 0 Å². The zero-order chi connectivity index (χ0) is 17.8. The molecule has 0 fully saturated rings. The van der Waals surface area contributed by atoms with Gasteiger partial charge in [-0.3, -0.25) is 4.68 Å². The second-order valence-electron chi connectivity index (χ2n) is 6.42. The summed E-state index contributed by atoms with van der Waals surface area (Å²) in [5, 5.41) is 12.2. The van der Waals surface area contributed by atoms with Crippen LogP contribution < -0.4 is 10.2 Å². The molecule has 3 rings (SSSR count). The third-order valence-electron chi connectivity index (χ3n) is 4.20. The number of hydrogen-bond acceptors (Lipinski definition) is 5. The molecule has 3 aromatic rings. The van der Waals surface area contributed by atoms with Crippen LogP contribution in [0.4, 0.5) is 5.82 Å². The number of rotatable bonds is 7. The molecule has 2 aromatic heterocycles. The smallest absolute Gasteiger partial charge is 0.137 e. The molecule has 0 saturated heterocycles. The van der Waals surface area contributed by atoms with Gasteiger partial charge in [-0.25, -0.2) is 9.67 Å². The molecule has 25 heavy (non-hydrogen) atoms. The molecule has 0 spiro atoms. The summed E-state index contributed by atoms with van der Waals surface area (Å²) in [5.74, 6) is 1.15.